The van der Waals surface area contributed by atoms with E-state index in [1.165, 1.54) is 6.07 Å². The molecule has 0 spiro atoms. The molecule has 168 valence electrons. The summed E-state index contributed by atoms with van der Waals surface area (Å²) in [4.78, 5) is 27.2. The zero-order valence-electron chi connectivity index (χ0n) is 16.6. The third-order valence-electron chi connectivity index (χ3n) is 3.52. The molecule has 0 fully saturated rings. The lowest BCUT2D eigenvalue weighted by Crippen LogP contribution is -2.32. The number of carbonyl (C=O) groups excluding carboxylic acids is 2. The summed E-state index contributed by atoms with van der Waals surface area (Å²) in [6.07, 6.45) is -3.50. The van der Waals surface area contributed by atoms with Crippen LogP contribution in [0.5, 0.6) is 17.4 Å². The molecule has 0 saturated heterocycles. The Hall–Kier alpha value is -3.50. The van der Waals surface area contributed by atoms with Crippen LogP contribution in [0.4, 0.5) is 13.2 Å². The van der Waals surface area contributed by atoms with Crippen LogP contribution in [-0.2, 0) is 9.53 Å². The highest BCUT2D eigenvalue weighted by Gasteiger charge is 2.28. The Labute approximate surface area is 176 Å². The Morgan fingerprint density at radius 3 is 2.26 bits per heavy atom. The largest absolute Gasteiger partial charge is 0.494 e. The van der Waals surface area contributed by atoms with E-state index in [0.29, 0.717) is 12.4 Å². The highest BCUT2D eigenvalue weighted by atomic mass is 19.4. The van der Waals surface area contributed by atoms with Gasteiger partial charge >= 0.3 is 12.1 Å². The number of halogens is 3. The van der Waals surface area contributed by atoms with E-state index in [1.54, 1.807) is 24.3 Å². The first kappa shape index (κ1) is 23.8. The molecule has 1 heterocycles. The van der Waals surface area contributed by atoms with Crippen molar-refractivity contribution in [3.63, 3.8) is 0 Å². The molecule has 0 aliphatic heterocycles. The number of ether oxygens (including phenoxy) is 4. The number of alkyl halides is 3. The number of carbonyl (C=O) groups is 2. The van der Waals surface area contributed by atoms with Gasteiger partial charge in [-0.05, 0) is 37.3 Å². The second-order valence-electron chi connectivity index (χ2n) is 5.97. The zero-order chi connectivity index (χ0) is 22.7. The number of esters is 1. The molecule has 31 heavy (non-hydrogen) atoms. The predicted molar refractivity (Wildman–Crippen MR) is 102 cm³/mol. The second kappa shape index (κ2) is 11.6. The van der Waals surface area contributed by atoms with Gasteiger partial charge in [0, 0.05) is 12.3 Å². The summed E-state index contributed by atoms with van der Waals surface area (Å²) in [6.45, 7) is 0.817. The summed E-state index contributed by atoms with van der Waals surface area (Å²) in [5.41, 5.74) is -0.0361. The lowest BCUT2D eigenvalue weighted by molar-refractivity contribution is -0.154. The molecule has 1 aromatic heterocycles. The van der Waals surface area contributed by atoms with E-state index in [-0.39, 0.29) is 24.6 Å². The van der Waals surface area contributed by atoms with E-state index in [0.717, 1.165) is 18.0 Å². The van der Waals surface area contributed by atoms with Crippen molar-refractivity contribution in [1.29, 1.82) is 0 Å². The van der Waals surface area contributed by atoms with Gasteiger partial charge in [0.05, 0.1) is 18.7 Å². The molecule has 0 atom stereocenters. The number of hydrogen-bond acceptors (Lipinski definition) is 7. The van der Waals surface area contributed by atoms with E-state index < -0.39 is 31.3 Å². The summed E-state index contributed by atoms with van der Waals surface area (Å²) in [5, 5.41) is 2.52. The molecule has 1 amide bonds. The number of amides is 1. The van der Waals surface area contributed by atoms with Crippen LogP contribution in [-0.4, -0.2) is 56.0 Å². The number of nitrogens with zero attached hydrogens (tertiary/aromatic N) is 1. The lowest BCUT2D eigenvalue weighted by Gasteiger charge is -2.10. The van der Waals surface area contributed by atoms with Gasteiger partial charge in [-0.25, -0.2) is 9.78 Å². The molecule has 1 aromatic carbocycles. The maximum absolute atomic E-state index is 12.1. The van der Waals surface area contributed by atoms with Gasteiger partial charge in [-0.3, -0.25) is 4.79 Å². The summed E-state index contributed by atoms with van der Waals surface area (Å²) in [7, 11) is 0. The fourth-order valence-electron chi connectivity index (χ4n) is 2.17. The molecular formula is C20H21F3N2O6. The molecule has 0 unspecified atom stereocenters. The van der Waals surface area contributed by atoms with E-state index >= 15 is 0 Å². The van der Waals surface area contributed by atoms with Crippen molar-refractivity contribution in [2.45, 2.75) is 13.1 Å². The Bertz CT molecular complexity index is 841. The minimum atomic E-state index is -4.49. The van der Waals surface area contributed by atoms with Gasteiger partial charge in [-0.1, -0.05) is 0 Å². The number of benzene rings is 1. The van der Waals surface area contributed by atoms with Gasteiger partial charge in [0.2, 0.25) is 5.88 Å². The van der Waals surface area contributed by atoms with Gasteiger partial charge in [-0.2, -0.15) is 13.2 Å². The van der Waals surface area contributed by atoms with Crippen molar-refractivity contribution in [3.05, 3.63) is 48.2 Å². The molecule has 8 nitrogen and oxygen atoms in total. The summed E-state index contributed by atoms with van der Waals surface area (Å²) < 4.78 is 56.3. The average Bonchev–Trinajstić information content (AvgIpc) is 2.75. The Morgan fingerprint density at radius 2 is 1.68 bits per heavy atom. The smallest absolute Gasteiger partial charge is 0.422 e. The van der Waals surface area contributed by atoms with Crippen LogP contribution in [0.2, 0.25) is 0 Å². The van der Waals surface area contributed by atoms with Crippen LogP contribution < -0.4 is 19.5 Å². The van der Waals surface area contributed by atoms with Crippen LogP contribution in [0.3, 0.4) is 0 Å². The monoisotopic (exact) mass is 442 g/mol. The minimum Gasteiger partial charge on any atom is -0.494 e. The summed E-state index contributed by atoms with van der Waals surface area (Å²) in [6, 6.07) is 9.29. The van der Waals surface area contributed by atoms with E-state index in [1.807, 2.05) is 6.92 Å². The first-order valence-electron chi connectivity index (χ1n) is 9.22. The zero-order valence-corrected chi connectivity index (χ0v) is 16.6. The number of hydrogen-bond donors (Lipinski definition) is 1. The molecule has 2 rings (SSSR count). The lowest BCUT2D eigenvalue weighted by atomic mass is 10.3. The summed E-state index contributed by atoms with van der Waals surface area (Å²) >= 11 is 0. The van der Waals surface area contributed by atoms with Crippen molar-refractivity contribution >= 4 is 11.9 Å². The highest BCUT2D eigenvalue weighted by molar-refractivity contribution is 5.91. The van der Waals surface area contributed by atoms with Crippen molar-refractivity contribution < 1.29 is 41.7 Å². The second-order valence-corrected chi connectivity index (χ2v) is 5.97. The van der Waals surface area contributed by atoms with Crippen molar-refractivity contribution in [3.8, 4) is 17.4 Å². The molecule has 0 radical (unpaired) electrons. The van der Waals surface area contributed by atoms with Crippen molar-refractivity contribution in [2.24, 2.45) is 0 Å². The van der Waals surface area contributed by atoms with Crippen molar-refractivity contribution in [1.82, 2.24) is 10.3 Å². The first-order valence-corrected chi connectivity index (χ1v) is 9.22. The fourth-order valence-corrected chi connectivity index (χ4v) is 2.17. The van der Waals surface area contributed by atoms with Gasteiger partial charge in [0.25, 0.3) is 5.91 Å². The maximum Gasteiger partial charge on any atom is 0.422 e. The van der Waals surface area contributed by atoms with E-state index in [4.69, 9.17) is 14.2 Å². The first-order chi connectivity index (χ1) is 14.8. The predicted octanol–water partition coefficient (Wildman–Crippen LogP) is 2.77. The van der Waals surface area contributed by atoms with Gasteiger partial charge in [0.1, 0.15) is 18.1 Å². The van der Waals surface area contributed by atoms with Crippen LogP contribution in [0.1, 0.15) is 17.3 Å². The molecule has 0 saturated carbocycles. The van der Waals surface area contributed by atoms with E-state index in [9.17, 15) is 22.8 Å². The summed E-state index contributed by atoms with van der Waals surface area (Å²) in [5.74, 6) is -0.348. The average molecular weight is 442 g/mol. The number of pyridine rings is 1. The Balaban J connectivity index is 1.64. The molecule has 2 aromatic rings. The van der Waals surface area contributed by atoms with Crippen LogP contribution in [0, 0.1) is 0 Å². The number of aromatic nitrogens is 1. The molecular weight excluding hydrogens is 421 g/mol. The third kappa shape index (κ3) is 9.24. The molecule has 0 bridgehead atoms. The SMILES string of the molecule is CCOc1ccc(OCCNC(=O)COC(=O)c2ccc(OCC(F)(F)F)nc2)cc1. The van der Waals surface area contributed by atoms with Gasteiger partial charge in [-0.15, -0.1) is 0 Å². The number of nitrogens with one attached hydrogen (secondary N) is 1. The van der Waals surface area contributed by atoms with Gasteiger partial charge in [0.15, 0.2) is 13.2 Å². The maximum atomic E-state index is 12.1. The van der Waals surface area contributed by atoms with Crippen LogP contribution in [0.15, 0.2) is 42.6 Å². The van der Waals surface area contributed by atoms with Crippen LogP contribution >= 0.6 is 0 Å². The minimum absolute atomic E-state index is 0.0361. The topological polar surface area (TPSA) is 96.0 Å². The molecule has 1 N–H and O–H groups in total. The Morgan fingerprint density at radius 1 is 1.00 bits per heavy atom. The quantitative estimate of drug-likeness (QED) is 0.422. The van der Waals surface area contributed by atoms with Gasteiger partial charge < -0.3 is 24.3 Å². The molecule has 0 aliphatic rings. The van der Waals surface area contributed by atoms with Crippen LogP contribution in [0.25, 0.3) is 0 Å². The van der Waals surface area contributed by atoms with E-state index in [2.05, 4.69) is 15.0 Å². The van der Waals surface area contributed by atoms with Crippen molar-refractivity contribution in [2.75, 3.05) is 33.0 Å². The standard InChI is InChI=1S/C20H21F3N2O6/c1-2-28-15-4-6-16(7-5-15)29-10-9-24-17(26)12-30-19(27)14-3-8-18(25-11-14)31-13-20(21,22)23/h3-8,11H,2,9-10,12-13H2,1H3,(H,24,26). The molecule has 11 heteroatoms. The number of rotatable bonds is 11. The third-order valence-corrected chi connectivity index (χ3v) is 3.52. The fraction of sp³-hybridized carbons (Fsp3) is 0.350. The molecule has 0 aliphatic carbocycles. The highest BCUT2D eigenvalue weighted by Crippen LogP contribution is 2.18. The normalized spacial score (nSPS) is 10.8. The Kier molecular flexibility index (Phi) is 8.92.